The van der Waals surface area contributed by atoms with Crippen LogP contribution in [-0.4, -0.2) is 17.6 Å². The Morgan fingerprint density at radius 1 is 1.29 bits per heavy atom. The Labute approximate surface area is 126 Å². The van der Waals surface area contributed by atoms with E-state index in [2.05, 4.69) is 26.1 Å². The summed E-state index contributed by atoms with van der Waals surface area (Å²) >= 11 is 0. The zero-order valence-corrected chi connectivity index (χ0v) is 13.4. The topological polar surface area (TPSA) is 64.4 Å². The van der Waals surface area contributed by atoms with Crippen molar-refractivity contribution in [2.24, 2.45) is 5.92 Å². The van der Waals surface area contributed by atoms with E-state index in [1.165, 1.54) is 6.42 Å². The predicted molar refractivity (Wildman–Crippen MR) is 86.0 cm³/mol. The van der Waals surface area contributed by atoms with E-state index < -0.39 is 0 Å². The summed E-state index contributed by atoms with van der Waals surface area (Å²) in [4.78, 5) is 10.9. The number of hydrogen-bond acceptors (Lipinski definition) is 4. The monoisotopic (exact) mass is 294 g/mol. The molecule has 0 amide bonds. The first-order chi connectivity index (χ1) is 9.95. The Kier molecular flexibility index (Phi) is 6.99. The molecule has 5 nitrogen and oxygen atoms in total. The number of nitro benzene ring substituents is 1. The summed E-state index contributed by atoms with van der Waals surface area (Å²) in [6.07, 6.45) is 3.28. The molecule has 0 spiro atoms. The van der Waals surface area contributed by atoms with Crippen LogP contribution in [0, 0.1) is 16.0 Å². The molecule has 1 unspecified atom stereocenters. The van der Waals surface area contributed by atoms with Crippen LogP contribution < -0.4 is 10.1 Å². The highest BCUT2D eigenvalue weighted by Gasteiger charge is 2.21. The largest absolute Gasteiger partial charge is 0.487 e. The standard InChI is InChI=1S/C16H26N2O3/c1-5-21-15-11-7-10-14(16(15)18(19)20)17-13(4)9-6-8-12(2)3/h7,10-13,17H,5-6,8-9H2,1-4H3. The lowest BCUT2D eigenvalue weighted by atomic mass is 10.0. The fourth-order valence-corrected chi connectivity index (χ4v) is 2.27. The number of rotatable bonds is 9. The average Bonchev–Trinajstić information content (AvgIpc) is 2.38. The Morgan fingerprint density at radius 3 is 2.57 bits per heavy atom. The van der Waals surface area contributed by atoms with E-state index >= 15 is 0 Å². The highest BCUT2D eigenvalue weighted by molar-refractivity contribution is 5.68. The van der Waals surface area contributed by atoms with Gasteiger partial charge in [0.1, 0.15) is 5.69 Å². The lowest BCUT2D eigenvalue weighted by molar-refractivity contribution is -0.385. The van der Waals surface area contributed by atoms with E-state index in [9.17, 15) is 10.1 Å². The molecule has 5 heteroatoms. The molecule has 118 valence electrons. The molecule has 21 heavy (non-hydrogen) atoms. The van der Waals surface area contributed by atoms with Gasteiger partial charge in [0.2, 0.25) is 0 Å². The summed E-state index contributed by atoms with van der Waals surface area (Å²) in [5, 5.41) is 14.5. The first-order valence-corrected chi connectivity index (χ1v) is 7.62. The molecule has 0 radical (unpaired) electrons. The summed E-state index contributed by atoms with van der Waals surface area (Å²) in [7, 11) is 0. The number of nitro groups is 1. The summed E-state index contributed by atoms with van der Waals surface area (Å²) in [5.41, 5.74) is 0.554. The molecule has 0 saturated heterocycles. The van der Waals surface area contributed by atoms with E-state index in [0.717, 1.165) is 12.8 Å². The first kappa shape index (κ1) is 17.3. The molecule has 1 rings (SSSR count). The molecular weight excluding hydrogens is 268 g/mol. The molecule has 1 N–H and O–H groups in total. The third-order valence-electron chi connectivity index (χ3n) is 3.30. The van der Waals surface area contributed by atoms with Crippen LogP contribution in [0.4, 0.5) is 11.4 Å². The van der Waals surface area contributed by atoms with Gasteiger partial charge >= 0.3 is 5.69 Å². The second kappa shape index (κ2) is 8.49. The van der Waals surface area contributed by atoms with Crippen molar-refractivity contribution < 1.29 is 9.66 Å². The van der Waals surface area contributed by atoms with E-state index in [1.807, 2.05) is 6.92 Å². The van der Waals surface area contributed by atoms with Crippen LogP contribution in [0.1, 0.15) is 47.0 Å². The minimum absolute atomic E-state index is 0.0232. The zero-order chi connectivity index (χ0) is 15.8. The smallest absolute Gasteiger partial charge is 0.333 e. The minimum Gasteiger partial charge on any atom is -0.487 e. The first-order valence-electron chi connectivity index (χ1n) is 7.62. The van der Waals surface area contributed by atoms with Crippen LogP contribution in [0.25, 0.3) is 0 Å². The Bertz CT molecular complexity index is 461. The van der Waals surface area contributed by atoms with Crippen LogP contribution in [0.3, 0.4) is 0 Å². The molecular formula is C16H26N2O3. The molecule has 1 atom stereocenters. The normalized spacial score (nSPS) is 12.2. The lowest BCUT2D eigenvalue weighted by Crippen LogP contribution is -2.16. The van der Waals surface area contributed by atoms with Gasteiger partial charge in [-0.05, 0) is 38.3 Å². The zero-order valence-electron chi connectivity index (χ0n) is 13.4. The van der Waals surface area contributed by atoms with Gasteiger partial charge in [-0.2, -0.15) is 0 Å². The van der Waals surface area contributed by atoms with Gasteiger partial charge < -0.3 is 10.1 Å². The summed E-state index contributed by atoms with van der Waals surface area (Å²) in [6, 6.07) is 5.34. The second-order valence-corrected chi connectivity index (χ2v) is 5.71. The molecule has 0 aliphatic carbocycles. The number of benzene rings is 1. The molecule has 0 fully saturated rings. The van der Waals surface area contributed by atoms with Crippen molar-refractivity contribution in [1.29, 1.82) is 0 Å². The van der Waals surface area contributed by atoms with Crippen molar-refractivity contribution in [3.05, 3.63) is 28.3 Å². The van der Waals surface area contributed by atoms with Crippen LogP contribution in [0.5, 0.6) is 5.75 Å². The fraction of sp³-hybridized carbons (Fsp3) is 0.625. The molecule has 1 aromatic carbocycles. The molecule has 0 saturated carbocycles. The second-order valence-electron chi connectivity index (χ2n) is 5.71. The summed E-state index contributed by atoms with van der Waals surface area (Å²) in [6.45, 7) is 8.69. The third-order valence-corrected chi connectivity index (χ3v) is 3.30. The highest BCUT2D eigenvalue weighted by atomic mass is 16.6. The SMILES string of the molecule is CCOc1cccc(NC(C)CCCC(C)C)c1[N+](=O)[O-]. The number of nitrogens with one attached hydrogen (secondary N) is 1. The summed E-state index contributed by atoms with van der Waals surface area (Å²) in [5.74, 6) is 1.01. The van der Waals surface area contributed by atoms with E-state index in [4.69, 9.17) is 4.74 Å². The van der Waals surface area contributed by atoms with E-state index in [1.54, 1.807) is 18.2 Å². The number of nitrogens with zero attached hydrogens (tertiary/aromatic N) is 1. The van der Waals surface area contributed by atoms with E-state index in [0.29, 0.717) is 24.0 Å². The predicted octanol–water partition coefficient (Wildman–Crippen LogP) is 4.62. The van der Waals surface area contributed by atoms with Crippen LogP contribution in [-0.2, 0) is 0 Å². The van der Waals surface area contributed by atoms with Crippen molar-refractivity contribution in [3.63, 3.8) is 0 Å². The van der Waals surface area contributed by atoms with Gasteiger partial charge in [0.25, 0.3) is 0 Å². The van der Waals surface area contributed by atoms with Gasteiger partial charge in [-0.15, -0.1) is 0 Å². The van der Waals surface area contributed by atoms with Crippen LogP contribution in [0.15, 0.2) is 18.2 Å². The molecule has 0 heterocycles. The van der Waals surface area contributed by atoms with Crippen molar-refractivity contribution in [1.82, 2.24) is 0 Å². The Balaban J connectivity index is 2.77. The van der Waals surface area contributed by atoms with Crippen molar-refractivity contribution in [2.45, 2.75) is 53.0 Å². The van der Waals surface area contributed by atoms with Gasteiger partial charge in [-0.3, -0.25) is 10.1 Å². The molecule has 0 aliphatic rings. The number of para-hydroxylation sites is 1. The van der Waals surface area contributed by atoms with Crippen molar-refractivity contribution in [3.8, 4) is 5.75 Å². The van der Waals surface area contributed by atoms with Gasteiger partial charge in [-0.25, -0.2) is 0 Å². The number of hydrogen-bond donors (Lipinski definition) is 1. The van der Waals surface area contributed by atoms with Gasteiger partial charge in [0, 0.05) is 6.04 Å². The lowest BCUT2D eigenvalue weighted by Gasteiger charge is -2.16. The van der Waals surface area contributed by atoms with Gasteiger partial charge in [0.05, 0.1) is 11.5 Å². The average molecular weight is 294 g/mol. The van der Waals surface area contributed by atoms with Crippen molar-refractivity contribution in [2.75, 3.05) is 11.9 Å². The molecule has 0 bridgehead atoms. The van der Waals surface area contributed by atoms with Crippen molar-refractivity contribution >= 4 is 11.4 Å². The number of anilines is 1. The molecule has 0 aliphatic heterocycles. The van der Waals surface area contributed by atoms with E-state index in [-0.39, 0.29) is 16.7 Å². The Morgan fingerprint density at radius 2 is 2.00 bits per heavy atom. The van der Waals surface area contributed by atoms with Gasteiger partial charge in [-0.1, -0.05) is 32.8 Å². The fourth-order valence-electron chi connectivity index (χ4n) is 2.27. The van der Waals surface area contributed by atoms with Crippen LogP contribution >= 0.6 is 0 Å². The summed E-state index contributed by atoms with van der Waals surface area (Å²) < 4.78 is 5.35. The third kappa shape index (κ3) is 5.61. The Hall–Kier alpha value is -1.78. The highest BCUT2D eigenvalue weighted by Crippen LogP contribution is 2.35. The van der Waals surface area contributed by atoms with Crippen LogP contribution in [0.2, 0.25) is 0 Å². The maximum Gasteiger partial charge on any atom is 0.333 e. The minimum atomic E-state index is -0.381. The quantitative estimate of drug-likeness (QED) is 0.533. The maximum atomic E-state index is 11.3. The van der Waals surface area contributed by atoms with Gasteiger partial charge in [0.15, 0.2) is 5.75 Å². The number of ether oxygens (including phenoxy) is 1. The maximum absolute atomic E-state index is 11.3. The molecule has 1 aromatic rings. The molecule has 0 aromatic heterocycles.